The fourth-order valence-electron chi connectivity index (χ4n) is 3.79. The lowest BCUT2D eigenvalue weighted by atomic mass is 9.93. The molecule has 4 rings (SSSR count). The highest BCUT2D eigenvalue weighted by Crippen LogP contribution is 2.34. The maximum atomic E-state index is 12.3. The zero-order chi connectivity index (χ0) is 22.7. The highest BCUT2D eigenvalue weighted by atomic mass is 16.5. The van der Waals surface area contributed by atoms with Crippen LogP contribution < -0.4 is 15.4 Å². The first-order valence-corrected chi connectivity index (χ1v) is 10.1. The van der Waals surface area contributed by atoms with Crippen molar-refractivity contribution < 1.29 is 19.1 Å². The average molecular weight is 431 g/mol. The topological polar surface area (TPSA) is 107 Å². The molecule has 1 atom stereocenters. The predicted molar refractivity (Wildman–Crippen MR) is 116 cm³/mol. The van der Waals surface area contributed by atoms with E-state index in [0.717, 1.165) is 10.9 Å². The molecule has 2 heterocycles. The third kappa shape index (κ3) is 4.30. The van der Waals surface area contributed by atoms with Gasteiger partial charge in [0.25, 0.3) is 5.91 Å². The van der Waals surface area contributed by atoms with E-state index >= 15 is 0 Å². The van der Waals surface area contributed by atoms with E-state index < -0.39 is 5.92 Å². The van der Waals surface area contributed by atoms with E-state index in [1.165, 1.54) is 0 Å². The fraction of sp³-hybridized carbons (Fsp3) is 0.261. The van der Waals surface area contributed by atoms with Gasteiger partial charge in [0.2, 0.25) is 11.8 Å². The number of para-hydroxylation sites is 1. The molecule has 9 nitrogen and oxygen atoms in total. The normalized spacial score (nSPS) is 15.8. The summed E-state index contributed by atoms with van der Waals surface area (Å²) in [4.78, 5) is 39.4. The molecule has 1 aliphatic rings. The average Bonchev–Trinajstić information content (AvgIpc) is 3.13. The van der Waals surface area contributed by atoms with Gasteiger partial charge in [-0.05, 0) is 18.1 Å². The summed E-state index contributed by atoms with van der Waals surface area (Å²) in [5.74, 6) is -0.971. The molecular formula is C23H21N5O4. The quantitative estimate of drug-likeness (QED) is 0.460. The van der Waals surface area contributed by atoms with Crippen LogP contribution in [0.15, 0.2) is 42.5 Å². The Morgan fingerprint density at radius 2 is 2.12 bits per heavy atom. The fourth-order valence-corrected chi connectivity index (χ4v) is 3.79. The summed E-state index contributed by atoms with van der Waals surface area (Å²) in [5, 5.41) is 10.4. The first kappa shape index (κ1) is 21.1. The molecule has 0 aliphatic carbocycles. The third-order valence-electron chi connectivity index (χ3n) is 5.31. The van der Waals surface area contributed by atoms with E-state index in [9.17, 15) is 14.4 Å². The number of carbonyl (C=O) groups excluding carboxylic acids is 3. The van der Waals surface area contributed by atoms with Crippen LogP contribution in [0.1, 0.15) is 30.0 Å². The maximum absolute atomic E-state index is 12.3. The molecule has 1 fully saturated rings. The van der Waals surface area contributed by atoms with Gasteiger partial charge in [0.05, 0.1) is 18.2 Å². The van der Waals surface area contributed by atoms with Crippen LogP contribution in [0.4, 0.5) is 5.69 Å². The molecule has 0 saturated carbocycles. The van der Waals surface area contributed by atoms with Crippen LogP contribution in [0.5, 0.6) is 5.75 Å². The Bertz CT molecular complexity index is 1260. The molecule has 2 N–H and O–H groups in total. The highest BCUT2D eigenvalue weighted by molar-refractivity contribution is 6.03. The Morgan fingerprint density at radius 3 is 2.91 bits per heavy atom. The van der Waals surface area contributed by atoms with Gasteiger partial charge in [0, 0.05) is 25.4 Å². The number of piperidine rings is 1. The lowest BCUT2D eigenvalue weighted by molar-refractivity contribution is -0.134. The van der Waals surface area contributed by atoms with Crippen molar-refractivity contribution in [1.29, 1.82) is 0 Å². The largest absolute Gasteiger partial charge is 0.482 e. The lowest BCUT2D eigenvalue weighted by Crippen LogP contribution is -2.39. The monoisotopic (exact) mass is 431 g/mol. The summed E-state index contributed by atoms with van der Waals surface area (Å²) >= 11 is 0. The predicted octanol–water partition coefficient (Wildman–Crippen LogP) is 2.34. The summed E-state index contributed by atoms with van der Waals surface area (Å²) < 4.78 is 7.39. The van der Waals surface area contributed by atoms with E-state index in [2.05, 4.69) is 20.6 Å². The molecule has 3 amide bonds. The standard InChI is InChI=1S/C23H21N5O4/c1-24-15-6-3-5-14(11-15)12-25-20(30)13-32-18-8-4-7-16-21(27-28(2)22(16)18)17-9-10-19(29)26-23(17)31/h3-8,11,17H,9-10,12-13H2,2H3,(H,25,30)(H,26,29,31). The van der Waals surface area contributed by atoms with Crippen molar-refractivity contribution in [2.24, 2.45) is 7.05 Å². The molecule has 3 aromatic rings. The number of benzene rings is 2. The summed E-state index contributed by atoms with van der Waals surface area (Å²) in [6, 6.07) is 12.4. The van der Waals surface area contributed by atoms with Crippen LogP contribution in [-0.4, -0.2) is 34.1 Å². The van der Waals surface area contributed by atoms with E-state index in [0.29, 0.717) is 35.6 Å². The van der Waals surface area contributed by atoms with E-state index in [4.69, 9.17) is 11.3 Å². The number of carbonyl (C=O) groups is 3. The van der Waals surface area contributed by atoms with Gasteiger partial charge in [-0.1, -0.05) is 36.4 Å². The van der Waals surface area contributed by atoms with Crippen LogP contribution in [-0.2, 0) is 28.0 Å². The number of nitrogens with one attached hydrogen (secondary N) is 2. The Morgan fingerprint density at radius 1 is 1.31 bits per heavy atom. The highest BCUT2D eigenvalue weighted by Gasteiger charge is 2.32. The van der Waals surface area contributed by atoms with E-state index in [-0.39, 0.29) is 30.7 Å². The molecule has 9 heteroatoms. The van der Waals surface area contributed by atoms with Crippen LogP contribution >= 0.6 is 0 Å². The first-order chi connectivity index (χ1) is 15.5. The van der Waals surface area contributed by atoms with Gasteiger partial charge in [-0.3, -0.25) is 24.4 Å². The van der Waals surface area contributed by atoms with Crippen LogP contribution in [0.3, 0.4) is 0 Å². The number of nitrogens with zero attached hydrogens (tertiary/aromatic N) is 3. The molecule has 0 radical (unpaired) electrons. The second-order valence-corrected chi connectivity index (χ2v) is 7.51. The third-order valence-corrected chi connectivity index (χ3v) is 5.31. The summed E-state index contributed by atoms with van der Waals surface area (Å²) in [6.45, 7) is 7.16. The van der Waals surface area contributed by atoms with Gasteiger partial charge in [0.1, 0.15) is 11.3 Å². The van der Waals surface area contributed by atoms with Crippen molar-refractivity contribution >= 4 is 34.3 Å². The SMILES string of the molecule is [C-]#[N+]c1cccc(CNC(=O)COc2cccc3c(C4CCC(=O)NC4=O)nn(C)c23)c1. The smallest absolute Gasteiger partial charge is 0.258 e. The molecule has 2 aromatic carbocycles. The van der Waals surface area contributed by atoms with Crippen molar-refractivity contribution in [3.05, 3.63) is 65.1 Å². The molecule has 32 heavy (non-hydrogen) atoms. The van der Waals surface area contributed by atoms with Crippen molar-refractivity contribution in [3.63, 3.8) is 0 Å². The van der Waals surface area contributed by atoms with Gasteiger partial charge >= 0.3 is 0 Å². The second kappa shape index (κ2) is 8.89. The van der Waals surface area contributed by atoms with Gasteiger partial charge in [-0.25, -0.2) is 4.85 Å². The number of hydrogen-bond donors (Lipinski definition) is 2. The van der Waals surface area contributed by atoms with E-state index in [1.807, 2.05) is 12.1 Å². The summed E-state index contributed by atoms with van der Waals surface area (Å²) in [5.41, 5.74) is 2.60. The molecule has 1 aromatic heterocycles. The lowest BCUT2D eigenvalue weighted by Gasteiger charge is -2.19. The van der Waals surface area contributed by atoms with Crippen molar-refractivity contribution in [2.45, 2.75) is 25.3 Å². The molecule has 162 valence electrons. The minimum absolute atomic E-state index is 0.194. The number of amides is 3. The Balaban J connectivity index is 1.46. The van der Waals surface area contributed by atoms with Crippen molar-refractivity contribution in [3.8, 4) is 5.75 Å². The van der Waals surface area contributed by atoms with Crippen molar-refractivity contribution in [1.82, 2.24) is 20.4 Å². The molecular weight excluding hydrogens is 410 g/mol. The Labute approximate surface area is 184 Å². The number of aromatic nitrogens is 2. The summed E-state index contributed by atoms with van der Waals surface area (Å²) in [6.07, 6.45) is 0.669. The van der Waals surface area contributed by atoms with Crippen molar-refractivity contribution in [2.75, 3.05) is 6.61 Å². The van der Waals surface area contributed by atoms with Gasteiger partial charge in [0.15, 0.2) is 12.3 Å². The summed E-state index contributed by atoms with van der Waals surface area (Å²) in [7, 11) is 1.75. The zero-order valence-corrected chi connectivity index (χ0v) is 17.4. The number of rotatable bonds is 6. The number of hydrogen-bond acceptors (Lipinski definition) is 5. The Hall–Kier alpha value is -4.19. The van der Waals surface area contributed by atoms with Gasteiger partial charge in [-0.2, -0.15) is 5.10 Å². The molecule has 1 aliphatic heterocycles. The first-order valence-electron chi connectivity index (χ1n) is 10.1. The maximum Gasteiger partial charge on any atom is 0.258 e. The Kier molecular flexibility index (Phi) is 5.85. The van der Waals surface area contributed by atoms with Crippen LogP contribution in [0, 0.1) is 6.57 Å². The van der Waals surface area contributed by atoms with Crippen LogP contribution in [0.25, 0.3) is 15.7 Å². The molecule has 1 saturated heterocycles. The minimum Gasteiger partial charge on any atom is -0.482 e. The van der Waals surface area contributed by atoms with Gasteiger partial charge in [-0.15, -0.1) is 0 Å². The van der Waals surface area contributed by atoms with E-state index in [1.54, 1.807) is 42.1 Å². The second-order valence-electron chi connectivity index (χ2n) is 7.51. The molecule has 1 unspecified atom stereocenters. The number of imide groups is 1. The van der Waals surface area contributed by atoms with Crippen LogP contribution in [0.2, 0.25) is 0 Å². The number of fused-ring (bicyclic) bond motifs is 1. The van der Waals surface area contributed by atoms with Gasteiger partial charge < -0.3 is 10.1 Å². The molecule has 0 spiro atoms. The number of aryl methyl sites for hydroxylation is 1. The molecule has 0 bridgehead atoms. The minimum atomic E-state index is -0.513. The zero-order valence-electron chi connectivity index (χ0n) is 17.4. The number of ether oxygens (including phenoxy) is 1.